The first-order valence-corrected chi connectivity index (χ1v) is 5.77. The van der Waals surface area contributed by atoms with Gasteiger partial charge in [-0.2, -0.15) is 0 Å². The van der Waals surface area contributed by atoms with E-state index in [2.05, 4.69) is 17.4 Å². The zero-order chi connectivity index (χ0) is 12.1. The topological polar surface area (TPSA) is 12.0 Å². The fourth-order valence-corrected chi connectivity index (χ4v) is 1.98. The van der Waals surface area contributed by atoms with Gasteiger partial charge in [0.15, 0.2) is 0 Å². The Morgan fingerprint density at radius 1 is 1.00 bits per heavy atom. The highest BCUT2D eigenvalue weighted by molar-refractivity contribution is 5.25. The smallest absolute Gasteiger partial charge is 0.127 e. The van der Waals surface area contributed by atoms with Crippen molar-refractivity contribution in [3.63, 3.8) is 0 Å². The number of halogens is 1. The van der Waals surface area contributed by atoms with Gasteiger partial charge in [0.1, 0.15) is 5.82 Å². The molecule has 0 amide bonds. The molecule has 2 heteroatoms. The van der Waals surface area contributed by atoms with Crippen LogP contribution in [0.3, 0.4) is 0 Å². The zero-order valence-corrected chi connectivity index (χ0v) is 9.86. The molecule has 0 aliphatic carbocycles. The Morgan fingerprint density at radius 2 is 1.65 bits per heavy atom. The van der Waals surface area contributed by atoms with E-state index in [1.54, 1.807) is 6.07 Å². The first kappa shape index (κ1) is 11.8. The standard InChI is InChI=1S/C15H16FN/c1-17-15(11-12-7-3-2-4-8-12)13-9-5-6-10-14(13)16/h2-10,15,17H,11H2,1H3. The lowest BCUT2D eigenvalue weighted by Gasteiger charge is -2.17. The van der Waals surface area contributed by atoms with Crippen LogP contribution in [-0.4, -0.2) is 7.05 Å². The van der Waals surface area contributed by atoms with E-state index in [0.717, 1.165) is 12.0 Å². The van der Waals surface area contributed by atoms with Crippen molar-refractivity contribution < 1.29 is 4.39 Å². The maximum atomic E-state index is 13.7. The van der Waals surface area contributed by atoms with Crippen LogP contribution in [0.1, 0.15) is 17.2 Å². The van der Waals surface area contributed by atoms with Crippen LogP contribution in [0.2, 0.25) is 0 Å². The highest BCUT2D eigenvalue weighted by Crippen LogP contribution is 2.20. The number of hydrogen-bond acceptors (Lipinski definition) is 1. The van der Waals surface area contributed by atoms with E-state index >= 15 is 0 Å². The summed E-state index contributed by atoms with van der Waals surface area (Å²) in [5, 5.41) is 3.17. The van der Waals surface area contributed by atoms with Crippen LogP contribution in [0.25, 0.3) is 0 Å². The lowest BCUT2D eigenvalue weighted by atomic mass is 9.99. The summed E-state index contributed by atoms with van der Waals surface area (Å²) < 4.78 is 13.7. The Bertz CT molecular complexity index is 467. The van der Waals surface area contributed by atoms with Crippen LogP contribution >= 0.6 is 0 Å². The van der Waals surface area contributed by atoms with E-state index < -0.39 is 0 Å². The van der Waals surface area contributed by atoms with Crippen LogP contribution in [0.4, 0.5) is 4.39 Å². The summed E-state index contributed by atoms with van der Waals surface area (Å²) in [6.07, 6.45) is 0.790. The molecule has 0 saturated carbocycles. The molecular formula is C15H16FN. The Labute approximate surface area is 101 Å². The minimum atomic E-state index is -0.150. The quantitative estimate of drug-likeness (QED) is 0.848. The van der Waals surface area contributed by atoms with Crippen LogP contribution in [0.15, 0.2) is 54.6 Å². The van der Waals surface area contributed by atoms with E-state index in [1.165, 1.54) is 11.6 Å². The van der Waals surface area contributed by atoms with Crippen molar-refractivity contribution in [2.24, 2.45) is 0 Å². The fourth-order valence-electron chi connectivity index (χ4n) is 1.98. The summed E-state index contributed by atoms with van der Waals surface area (Å²) in [4.78, 5) is 0. The minimum Gasteiger partial charge on any atom is -0.313 e. The summed E-state index contributed by atoms with van der Waals surface area (Å²) in [5.74, 6) is -0.150. The molecule has 0 bridgehead atoms. The lowest BCUT2D eigenvalue weighted by molar-refractivity contribution is 0.534. The molecule has 0 heterocycles. The number of rotatable bonds is 4. The molecule has 0 aromatic heterocycles. The van der Waals surface area contributed by atoms with E-state index in [0.29, 0.717) is 0 Å². The second kappa shape index (κ2) is 5.60. The second-order valence-electron chi connectivity index (χ2n) is 4.05. The molecule has 0 spiro atoms. The van der Waals surface area contributed by atoms with Crippen molar-refractivity contribution in [2.45, 2.75) is 12.5 Å². The monoisotopic (exact) mass is 229 g/mol. The Hall–Kier alpha value is -1.67. The fraction of sp³-hybridized carbons (Fsp3) is 0.200. The Morgan fingerprint density at radius 3 is 2.29 bits per heavy atom. The third-order valence-corrected chi connectivity index (χ3v) is 2.91. The molecule has 88 valence electrons. The molecule has 1 nitrogen and oxygen atoms in total. The summed E-state index contributed by atoms with van der Waals surface area (Å²) in [6, 6.07) is 17.1. The molecule has 0 aliphatic rings. The zero-order valence-electron chi connectivity index (χ0n) is 9.86. The van der Waals surface area contributed by atoms with Gasteiger partial charge in [-0.3, -0.25) is 0 Å². The molecule has 0 radical (unpaired) electrons. The number of benzene rings is 2. The summed E-state index contributed by atoms with van der Waals surface area (Å²) in [7, 11) is 1.86. The first-order valence-electron chi connectivity index (χ1n) is 5.77. The van der Waals surface area contributed by atoms with Gasteiger partial charge in [0.05, 0.1) is 0 Å². The average molecular weight is 229 g/mol. The molecule has 1 N–H and O–H groups in total. The van der Waals surface area contributed by atoms with Gasteiger partial charge in [0, 0.05) is 11.6 Å². The molecule has 2 aromatic rings. The van der Waals surface area contributed by atoms with Crippen LogP contribution in [-0.2, 0) is 6.42 Å². The van der Waals surface area contributed by atoms with Gasteiger partial charge in [0.2, 0.25) is 0 Å². The molecule has 0 saturated heterocycles. The van der Waals surface area contributed by atoms with Gasteiger partial charge >= 0.3 is 0 Å². The van der Waals surface area contributed by atoms with Crippen molar-refractivity contribution in [1.82, 2.24) is 5.32 Å². The normalized spacial score (nSPS) is 12.4. The predicted molar refractivity (Wildman–Crippen MR) is 68.3 cm³/mol. The van der Waals surface area contributed by atoms with Crippen LogP contribution in [0, 0.1) is 5.82 Å². The van der Waals surface area contributed by atoms with Gasteiger partial charge < -0.3 is 5.32 Å². The molecule has 0 aliphatic heterocycles. The summed E-state index contributed by atoms with van der Waals surface area (Å²) in [6.45, 7) is 0. The Balaban J connectivity index is 2.21. The molecule has 2 rings (SSSR count). The Kier molecular flexibility index (Phi) is 3.89. The third kappa shape index (κ3) is 2.92. The van der Waals surface area contributed by atoms with Crippen LogP contribution < -0.4 is 5.32 Å². The second-order valence-corrected chi connectivity index (χ2v) is 4.05. The molecular weight excluding hydrogens is 213 g/mol. The van der Waals surface area contributed by atoms with Gasteiger partial charge in [-0.1, -0.05) is 48.5 Å². The molecule has 0 fully saturated rings. The summed E-state index contributed by atoms with van der Waals surface area (Å²) >= 11 is 0. The van der Waals surface area contributed by atoms with Crippen molar-refractivity contribution in [1.29, 1.82) is 0 Å². The van der Waals surface area contributed by atoms with E-state index in [-0.39, 0.29) is 11.9 Å². The number of hydrogen-bond donors (Lipinski definition) is 1. The average Bonchev–Trinajstić information content (AvgIpc) is 2.38. The van der Waals surface area contributed by atoms with Crippen molar-refractivity contribution in [2.75, 3.05) is 7.05 Å². The SMILES string of the molecule is CNC(Cc1ccccc1)c1ccccc1F. The predicted octanol–water partition coefficient (Wildman–Crippen LogP) is 3.33. The van der Waals surface area contributed by atoms with Gasteiger partial charge in [0.25, 0.3) is 0 Å². The molecule has 17 heavy (non-hydrogen) atoms. The highest BCUT2D eigenvalue weighted by atomic mass is 19.1. The van der Waals surface area contributed by atoms with Crippen molar-refractivity contribution in [3.8, 4) is 0 Å². The third-order valence-electron chi connectivity index (χ3n) is 2.91. The van der Waals surface area contributed by atoms with E-state index in [9.17, 15) is 4.39 Å². The van der Waals surface area contributed by atoms with Gasteiger partial charge in [-0.05, 0) is 25.1 Å². The van der Waals surface area contributed by atoms with E-state index in [4.69, 9.17) is 0 Å². The van der Waals surface area contributed by atoms with Crippen molar-refractivity contribution >= 4 is 0 Å². The van der Waals surface area contributed by atoms with Crippen molar-refractivity contribution in [3.05, 3.63) is 71.5 Å². The maximum Gasteiger partial charge on any atom is 0.127 e. The maximum absolute atomic E-state index is 13.7. The molecule has 1 unspecified atom stereocenters. The van der Waals surface area contributed by atoms with Gasteiger partial charge in [-0.15, -0.1) is 0 Å². The largest absolute Gasteiger partial charge is 0.313 e. The number of nitrogens with one attached hydrogen (secondary N) is 1. The minimum absolute atomic E-state index is 0.0126. The lowest BCUT2D eigenvalue weighted by Crippen LogP contribution is -2.20. The number of likely N-dealkylation sites (N-methyl/N-ethyl adjacent to an activating group) is 1. The molecule has 1 atom stereocenters. The molecule has 2 aromatic carbocycles. The van der Waals surface area contributed by atoms with E-state index in [1.807, 2.05) is 37.4 Å². The summed E-state index contributed by atoms with van der Waals surface area (Å²) in [5.41, 5.74) is 1.92. The van der Waals surface area contributed by atoms with Crippen LogP contribution in [0.5, 0.6) is 0 Å². The first-order chi connectivity index (χ1) is 8.31. The van der Waals surface area contributed by atoms with Gasteiger partial charge in [-0.25, -0.2) is 4.39 Å². The highest BCUT2D eigenvalue weighted by Gasteiger charge is 2.13.